The van der Waals surface area contributed by atoms with Gasteiger partial charge >= 0.3 is 0 Å². The number of aliphatic imine (C=N–C) groups is 1. The second kappa shape index (κ2) is 12.6. The van der Waals surface area contributed by atoms with E-state index < -0.39 is 0 Å². The first kappa shape index (κ1) is 21.5. The monoisotopic (exact) mass is 365 g/mol. The Morgan fingerprint density at radius 3 is 2.50 bits per heavy atom. The molecule has 0 saturated carbocycles. The van der Waals surface area contributed by atoms with Crippen molar-refractivity contribution >= 4 is 5.96 Å². The van der Waals surface area contributed by atoms with Crippen LogP contribution >= 0.6 is 0 Å². The second-order valence-corrected chi connectivity index (χ2v) is 8.02. The molecule has 1 unspecified atom stereocenters. The molecule has 0 aliphatic carbocycles. The number of hydrogen-bond donors (Lipinski definition) is 1. The molecule has 0 radical (unpaired) electrons. The van der Waals surface area contributed by atoms with Crippen molar-refractivity contribution in [2.75, 3.05) is 66.0 Å². The zero-order chi connectivity index (χ0) is 18.6. The van der Waals surface area contributed by atoms with Crippen molar-refractivity contribution in [3.05, 3.63) is 0 Å². The average Bonchev–Trinajstić information content (AvgIpc) is 3.14. The van der Waals surface area contributed by atoms with Gasteiger partial charge in [0.1, 0.15) is 0 Å². The normalized spacial score (nSPS) is 22.4. The van der Waals surface area contributed by atoms with Gasteiger partial charge in [0.15, 0.2) is 5.96 Å². The number of piperidine rings is 1. The molecular formula is C21H43N5. The first-order chi connectivity index (χ1) is 12.8. The standard InChI is InChI=1S/C21H43N5/c1-4-24(5-2)18-20-12-17-26(19-20)21(22-3)23-13-8-6-9-14-25-15-10-7-11-16-25/h20H,4-19H2,1-3H3,(H,22,23). The zero-order valence-electron chi connectivity index (χ0n) is 17.7. The number of unbranched alkanes of at least 4 members (excludes halogenated alkanes) is 2. The Morgan fingerprint density at radius 2 is 1.81 bits per heavy atom. The fraction of sp³-hybridized carbons (Fsp3) is 0.952. The zero-order valence-corrected chi connectivity index (χ0v) is 17.7. The van der Waals surface area contributed by atoms with Crippen LogP contribution in [-0.2, 0) is 0 Å². The minimum absolute atomic E-state index is 0.790. The van der Waals surface area contributed by atoms with Crippen LogP contribution in [0.15, 0.2) is 4.99 Å². The predicted molar refractivity (Wildman–Crippen MR) is 113 cm³/mol. The third kappa shape index (κ3) is 7.43. The van der Waals surface area contributed by atoms with Crippen molar-refractivity contribution in [1.29, 1.82) is 0 Å². The molecule has 2 heterocycles. The van der Waals surface area contributed by atoms with Crippen LogP contribution in [0.5, 0.6) is 0 Å². The lowest BCUT2D eigenvalue weighted by Crippen LogP contribution is -2.41. The van der Waals surface area contributed by atoms with Crippen molar-refractivity contribution in [3.63, 3.8) is 0 Å². The highest BCUT2D eigenvalue weighted by Gasteiger charge is 2.25. The molecule has 5 heteroatoms. The molecule has 2 rings (SSSR count). The van der Waals surface area contributed by atoms with Gasteiger partial charge in [-0.1, -0.05) is 26.7 Å². The number of hydrogen-bond acceptors (Lipinski definition) is 3. The van der Waals surface area contributed by atoms with Gasteiger partial charge in [0.2, 0.25) is 0 Å². The van der Waals surface area contributed by atoms with E-state index in [1.54, 1.807) is 0 Å². The molecule has 2 aliphatic heterocycles. The van der Waals surface area contributed by atoms with Crippen LogP contribution in [0.3, 0.4) is 0 Å². The van der Waals surface area contributed by atoms with E-state index in [0.717, 1.165) is 44.6 Å². The third-order valence-corrected chi connectivity index (χ3v) is 6.09. The SMILES string of the molecule is CCN(CC)CC1CCN(C(=NC)NCCCCCN2CCCCC2)C1. The van der Waals surface area contributed by atoms with Gasteiger partial charge in [0.05, 0.1) is 0 Å². The van der Waals surface area contributed by atoms with E-state index in [-0.39, 0.29) is 0 Å². The molecule has 2 saturated heterocycles. The summed E-state index contributed by atoms with van der Waals surface area (Å²) in [5, 5.41) is 3.60. The smallest absolute Gasteiger partial charge is 0.193 e. The van der Waals surface area contributed by atoms with Crippen molar-refractivity contribution in [2.45, 2.75) is 58.8 Å². The Kier molecular flexibility index (Phi) is 10.4. The largest absolute Gasteiger partial charge is 0.356 e. The van der Waals surface area contributed by atoms with Crippen molar-refractivity contribution in [2.24, 2.45) is 10.9 Å². The van der Waals surface area contributed by atoms with Crippen LogP contribution in [0.2, 0.25) is 0 Å². The summed E-state index contributed by atoms with van der Waals surface area (Å²) in [5.41, 5.74) is 0. The Bertz CT molecular complexity index is 388. The van der Waals surface area contributed by atoms with Gasteiger partial charge in [-0.15, -0.1) is 0 Å². The average molecular weight is 366 g/mol. The second-order valence-electron chi connectivity index (χ2n) is 8.02. The summed E-state index contributed by atoms with van der Waals surface area (Å²) in [6, 6.07) is 0. The van der Waals surface area contributed by atoms with Crippen LogP contribution in [0.1, 0.15) is 58.8 Å². The van der Waals surface area contributed by atoms with E-state index in [4.69, 9.17) is 0 Å². The van der Waals surface area contributed by atoms with E-state index in [1.807, 2.05) is 7.05 Å². The fourth-order valence-corrected chi connectivity index (χ4v) is 4.37. The van der Waals surface area contributed by atoms with Crippen LogP contribution in [0.4, 0.5) is 0 Å². The summed E-state index contributed by atoms with van der Waals surface area (Å²) in [5.74, 6) is 1.90. The van der Waals surface area contributed by atoms with Gasteiger partial charge in [0.25, 0.3) is 0 Å². The molecule has 0 bridgehead atoms. The molecule has 1 N–H and O–H groups in total. The quantitative estimate of drug-likeness (QED) is 0.367. The Balaban J connectivity index is 1.56. The maximum absolute atomic E-state index is 4.52. The number of likely N-dealkylation sites (tertiary alicyclic amines) is 2. The lowest BCUT2D eigenvalue weighted by molar-refractivity contribution is 0.224. The minimum Gasteiger partial charge on any atom is -0.356 e. The van der Waals surface area contributed by atoms with Crippen LogP contribution < -0.4 is 5.32 Å². The number of guanidine groups is 1. The molecule has 1 atom stereocenters. The molecule has 0 aromatic heterocycles. The van der Waals surface area contributed by atoms with Crippen LogP contribution in [0, 0.1) is 5.92 Å². The van der Waals surface area contributed by atoms with E-state index in [9.17, 15) is 0 Å². The van der Waals surface area contributed by atoms with Crippen molar-refractivity contribution < 1.29 is 0 Å². The topological polar surface area (TPSA) is 34.1 Å². The molecule has 0 spiro atoms. The van der Waals surface area contributed by atoms with Crippen molar-refractivity contribution in [1.82, 2.24) is 20.0 Å². The fourth-order valence-electron chi connectivity index (χ4n) is 4.37. The van der Waals surface area contributed by atoms with Gasteiger partial charge in [-0.3, -0.25) is 4.99 Å². The lowest BCUT2D eigenvalue weighted by atomic mass is 10.1. The number of nitrogens with one attached hydrogen (secondary N) is 1. The third-order valence-electron chi connectivity index (χ3n) is 6.09. The van der Waals surface area contributed by atoms with Gasteiger partial charge in [-0.25, -0.2) is 0 Å². The van der Waals surface area contributed by atoms with E-state index >= 15 is 0 Å². The Labute approximate surface area is 162 Å². The van der Waals surface area contributed by atoms with Crippen molar-refractivity contribution in [3.8, 4) is 0 Å². The highest BCUT2D eigenvalue weighted by Crippen LogP contribution is 2.17. The Morgan fingerprint density at radius 1 is 1.04 bits per heavy atom. The molecular weight excluding hydrogens is 322 g/mol. The van der Waals surface area contributed by atoms with Gasteiger partial charge in [0, 0.05) is 33.2 Å². The maximum Gasteiger partial charge on any atom is 0.193 e. The van der Waals surface area contributed by atoms with Gasteiger partial charge in [-0.2, -0.15) is 0 Å². The summed E-state index contributed by atoms with van der Waals surface area (Å²) < 4.78 is 0. The molecule has 26 heavy (non-hydrogen) atoms. The van der Waals surface area contributed by atoms with E-state index in [2.05, 4.69) is 38.9 Å². The predicted octanol–water partition coefficient (Wildman–Crippen LogP) is 2.88. The highest BCUT2D eigenvalue weighted by atomic mass is 15.3. The highest BCUT2D eigenvalue weighted by molar-refractivity contribution is 5.80. The summed E-state index contributed by atoms with van der Waals surface area (Å²) in [4.78, 5) is 12.2. The van der Waals surface area contributed by atoms with Crippen LogP contribution in [-0.4, -0.2) is 86.6 Å². The summed E-state index contributed by atoms with van der Waals surface area (Å²) in [6.45, 7) is 15.4. The Hall–Kier alpha value is -0.810. The lowest BCUT2D eigenvalue weighted by Gasteiger charge is -2.26. The first-order valence-corrected chi connectivity index (χ1v) is 11.2. The molecule has 152 valence electrons. The molecule has 2 aliphatic rings. The van der Waals surface area contributed by atoms with Gasteiger partial charge in [-0.05, 0) is 70.7 Å². The number of rotatable bonds is 10. The van der Waals surface area contributed by atoms with Gasteiger partial charge < -0.3 is 20.0 Å². The number of nitrogens with zero attached hydrogens (tertiary/aromatic N) is 4. The minimum atomic E-state index is 0.790. The molecule has 5 nitrogen and oxygen atoms in total. The summed E-state index contributed by atoms with van der Waals surface area (Å²) in [7, 11) is 1.93. The van der Waals surface area contributed by atoms with E-state index in [1.165, 1.54) is 71.1 Å². The first-order valence-electron chi connectivity index (χ1n) is 11.2. The van der Waals surface area contributed by atoms with E-state index in [0.29, 0.717) is 0 Å². The summed E-state index contributed by atoms with van der Waals surface area (Å²) in [6.07, 6.45) is 9.47. The molecule has 0 aromatic rings. The maximum atomic E-state index is 4.52. The van der Waals surface area contributed by atoms with Crippen LogP contribution in [0.25, 0.3) is 0 Å². The molecule has 0 amide bonds. The summed E-state index contributed by atoms with van der Waals surface area (Å²) >= 11 is 0. The molecule has 2 fully saturated rings. The molecule has 0 aromatic carbocycles.